The van der Waals surface area contributed by atoms with E-state index in [9.17, 15) is 10.1 Å². The van der Waals surface area contributed by atoms with E-state index >= 15 is 0 Å². The van der Waals surface area contributed by atoms with Gasteiger partial charge in [0.05, 0.1) is 9.40 Å². The van der Waals surface area contributed by atoms with Crippen molar-refractivity contribution >= 4 is 27.3 Å². The first-order valence-electron chi connectivity index (χ1n) is 6.46. The van der Waals surface area contributed by atoms with Gasteiger partial charge in [-0.3, -0.25) is 15.1 Å². The average Bonchev–Trinajstić information content (AvgIpc) is 2.33. The molecule has 1 unspecified atom stereocenters. The number of rotatable bonds is 3. The van der Waals surface area contributed by atoms with Crippen molar-refractivity contribution in [3.8, 4) is 0 Å². The number of nitrogens with one attached hydrogen (secondary N) is 1. The van der Waals surface area contributed by atoms with E-state index in [1.54, 1.807) is 6.20 Å². The lowest BCUT2D eigenvalue weighted by Crippen LogP contribution is -2.39. The van der Waals surface area contributed by atoms with Crippen molar-refractivity contribution < 1.29 is 4.92 Å². The Labute approximate surface area is 121 Å². The van der Waals surface area contributed by atoms with Gasteiger partial charge >= 0.3 is 5.69 Å². The van der Waals surface area contributed by atoms with E-state index in [0.717, 1.165) is 19.3 Å². The topological polar surface area (TPSA) is 68.1 Å². The third kappa shape index (κ3) is 3.05. The summed E-state index contributed by atoms with van der Waals surface area (Å²) in [6.07, 6.45) is 7.45. The lowest BCUT2D eigenvalue weighted by Gasteiger charge is -2.39. The van der Waals surface area contributed by atoms with E-state index in [1.807, 2.05) is 0 Å². The molecule has 1 N–H and O–H groups in total. The van der Waals surface area contributed by atoms with E-state index in [1.165, 1.54) is 12.6 Å². The van der Waals surface area contributed by atoms with Gasteiger partial charge in [0, 0.05) is 12.2 Å². The number of anilines is 1. The van der Waals surface area contributed by atoms with Crippen LogP contribution in [-0.2, 0) is 0 Å². The SMILES string of the molecule is CC1(C)CCCCC1Nc1c(Br)cncc1[N+](=O)[O-]. The molecule has 0 spiro atoms. The molecule has 0 aromatic carbocycles. The molecule has 1 aromatic heterocycles. The fourth-order valence-electron chi connectivity index (χ4n) is 2.64. The van der Waals surface area contributed by atoms with E-state index in [-0.39, 0.29) is 17.1 Å². The highest BCUT2D eigenvalue weighted by atomic mass is 79.9. The second kappa shape index (κ2) is 5.45. The van der Waals surface area contributed by atoms with E-state index < -0.39 is 4.92 Å². The Bertz CT molecular complexity index is 491. The van der Waals surface area contributed by atoms with Crippen molar-refractivity contribution in [2.45, 2.75) is 45.6 Å². The number of hydrogen-bond donors (Lipinski definition) is 1. The fraction of sp³-hybridized carbons (Fsp3) is 0.615. The van der Waals surface area contributed by atoms with E-state index in [4.69, 9.17) is 0 Å². The Morgan fingerprint density at radius 1 is 1.47 bits per heavy atom. The van der Waals surface area contributed by atoms with Crippen LogP contribution in [0.3, 0.4) is 0 Å². The first kappa shape index (κ1) is 14.2. The smallest absolute Gasteiger partial charge is 0.311 e. The van der Waals surface area contributed by atoms with Crippen molar-refractivity contribution in [3.63, 3.8) is 0 Å². The summed E-state index contributed by atoms with van der Waals surface area (Å²) in [6.45, 7) is 4.43. The minimum atomic E-state index is -0.393. The second-order valence-corrected chi connectivity index (χ2v) is 6.56. The Hall–Kier alpha value is -1.17. The molecule has 1 saturated carbocycles. The molecule has 6 heteroatoms. The third-order valence-corrected chi connectivity index (χ3v) is 4.50. The minimum Gasteiger partial charge on any atom is -0.375 e. The maximum atomic E-state index is 11.1. The molecule has 1 atom stereocenters. The predicted octanol–water partition coefficient (Wildman–Crippen LogP) is 4.13. The fourth-order valence-corrected chi connectivity index (χ4v) is 3.08. The highest BCUT2D eigenvalue weighted by Gasteiger charge is 2.33. The standard InChI is InChI=1S/C13H18BrN3O2/c1-13(2)6-4-3-5-11(13)16-12-9(14)7-15-8-10(12)17(18)19/h7-8,11H,3-6H2,1-2H3,(H,15,16). The van der Waals surface area contributed by atoms with Crippen LogP contribution in [0.15, 0.2) is 16.9 Å². The molecule has 0 saturated heterocycles. The van der Waals surface area contributed by atoms with Crippen LogP contribution in [0.4, 0.5) is 11.4 Å². The molecule has 1 heterocycles. The second-order valence-electron chi connectivity index (χ2n) is 5.70. The number of halogens is 1. The number of pyridine rings is 1. The molecular weight excluding hydrogens is 310 g/mol. The molecule has 1 aromatic rings. The van der Waals surface area contributed by atoms with Crippen molar-refractivity contribution in [2.24, 2.45) is 5.41 Å². The highest BCUT2D eigenvalue weighted by Crippen LogP contribution is 2.40. The third-order valence-electron chi connectivity index (χ3n) is 3.90. The largest absolute Gasteiger partial charge is 0.375 e. The molecule has 2 rings (SSSR count). The summed E-state index contributed by atoms with van der Waals surface area (Å²) in [5.41, 5.74) is 0.713. The average molecular weight is 328 g/mol. The molecule has 5 nitrogen and oxygen atoms in total. The van der Waals surface area contributed by atoms with Gasteiger partial charge in [-0.1, -0.05) is 26.7 Å². The minimum absolute atomic E-state index is 0.0238. The van der Waals surface area contributed by atoms with Gasteiger partial charge < -0.3 is 5.32 Å². The zero-order valence-corrected chi connectivity index (χ0v) is 12.7. The molecule has 0 amide bonds. The van der Waals surface area contributed by atoms with Gasteiger partial charge in [0.2, 0.25) is 0 Å². The Kier molecular flexibility index (Phi) is 4.08. The van der Waals surface area contributed by atoms with Crippen molar-refractivity contribution in [1.82, 2.24) is 4.98 Å². The molecule has 0 bridgehead atoms. The number of nitro groups is 1. The van der Waals surface area contributed by atoms with Gasteiger partial charge in [0.1, 0.15) is 11.9 Å². The molecule has 1 aliphatic rings. The molecule has 19 heavy (non-hydrogen) atoms. The summed E-state index contributed by atoms with van der Waals surface area (Å²) in [4.78, 5) is 14.6. The molecule has 0 radical (unpaired) electrons. The molecule has 1 aliphatic carbocycles. The lowest BCUT2D eigenvalue weighted by atomic mass is 9.73. The van der Waals surface area contributed by atoms with Gasteiger partial charge in [-0.2, -0.15) is 0 Å². The molecule has 1 fully saturated rings. The van der Waals surface area contributed by atoms with Gasteiger partial charge in [-0.15, -0.1) is 0 Å². The van der Waals surface area contributed by atoms with Gasteiger partial charge in [0.15, 0.2) is 0 Å². The zero-order valence-electron chi connectivity index (χ0n) is 11.1. The number of aromatic nitrogens is 1. The molecular formula is C13H18BrN3O2. The normalized spacial score (nSPS) is 21.9. The molecule has 104 valence electrons. The van der Waals surface area contributed by atoms with Crippen molar-refractivity contribution in [2.75, 3.05) is 5.32 Å². The maximum absolute atomic E-state index is 11.1. The van der Waals surface area contributed by atoms with Crippen LogP contribution in [0.5, 0.6) is 0 Å². The lowest BCUT2D eigenvalue weighted by molar-refractivity contribution is -0.384. The summed E-state index contributed by atoms with van der Waals surface area (Å²) in [5, 5.41) is 14.4. The highest BCUT2D eigenvalue weighted by molar-refractivity contribution is 9.10. The van der Waals surface area contributed by atoms with E-state index in [0.29, 0.717) is 10.2 Å². The summed E-state index contributed by atoms with van der Waals surface area (Å²) in [6, 6.07) is 0.249. The zero-order chi connectivity index (χ0) is 14.0. The summed E-state index contributed by atoms with van der Waals surface area (Å²) >= 11 is 3.35. The first-order valence-corrected chi connectivity index (χ1v) is 7.25. The van der Waals surface area contributed by atoms with Crippen LogP contribution in [0.2, 0.25) is 0 Å². The van der Waals surface area contributed by atoms with Crippen LogP contribution >= 0.6 is 15.9 Å². The quantitative estimate of drug-likeness (QED) is 0.669. The Balaban J connectivity index is 2.30. The van der Waals surface area contributed by atoms with Crippen LogP contribution in [0.1, 0.15) is 39.5 Å². The monoisotopic (exact) mass is 327 g/mol. The van der Waals surface area contributed by atoms with Crippen LogP contribution < -0.4 is 5.32 Å². The van der Waals surface area contributed by atoms with Gasteiger partial charge in [-0.25, -0.2) is 0 Å². The summed E-state index contributed by atoms with van der Waals surface area (Å²) < 4.78 is 0.642. The van der Waals surface area contributed by atoms with Crippen molar-refractivity contribution in [1.29, 1.82) is 0 Å². The van der Waals surface area contributed by atoms with Crippen molar-refractivity contribution in [3.05, 3.63) is 27.0 Å². The maximum Gasteiger partial charge on any atom is 0.311 e. The van der Waals surface area contributed by atoms with Gasteiger partial charge in [-0.05, 0) is 34.2 Å². The summed E-state index contributed by atoms with van der Waals surface area (Å²) in [5.74, 6) is 0. The number of nitrogens with zero attached hydrogens (tertiary/aromatic N) is 2. The Morgan fingerprint density at radius 3 is 2.84 bits per heavy atom. The Morgan fingerprint density at radius 2 is 2.21 bits per heavy atom. The van der Waals surface area contributed by atoms with Crippen LogP contribution in [0, 0.1) is 15.5 Å². The van der Waals surface area contributed by atoms with Gasteiger partial charge in [0.25, 0.3) is 0 Å². The van der Waals surface area contributed by atoms with Crippen LogP contribution in [-0.4, -0.2) is 15.9 Å². The van der Waals surface area contributed by atoms with Crippen LogP contribution in [0.25, 0.3) is 0 Å². The number of hydrogen-bond acceptors (Lipinski definition) is 4. The molecule has 0 aliphatic heterocycles. The summed E-state index contributed by atoms with van der Waals surface area (Å²) in [7, 11) is 0. The first-order chi connectivity index (χ1) is 8.92. The predicted molar refractivity (Wildman–Crippen MR) is 78.3 cm³/mol. The van der Waals surface area contributed by atoms with E-state index in [2.05, 4.69) is 40.1 Å².